The number of ether oxygens (including phenoxy) is 3. The highest BCUT2D eigenvalue weighted by atomic mass is 19.1. The Morgan fingerprint density at radius 2 is 1.43 bits per heavy atom. The number of carbonyl (C=O) groups is 1. The van der Waals surface area contributed by atoms with E-state index in [9.17, 15) is 9.18 Å². The van der Waals surface area contributed by atoms with Gasteiger partial charge in [0, 0.05) is 6.07 Å². The van der Waals surface area contributed by atoms with Crippen molar-refractivity contribution in [3.05, 3.63) is 53.3 Å². The SMILES string of the molecule is COc1cc(F)c(C(=O)c2ccccc2OC)cc1OC. The summed E-state index contributed by atoms with van der Waals surface area (Å²) in [5.74, 6) is -0.255. The van der Waals surface area contributed by atoms with Gasteiger partial charge in [0.05, 0.1) is 32.5 Å². The van der Waals surface area contributed by atoms with Gasteiger partial charge < -0.3 is 14.2 Å². The highest BCUT2D eigenvalue weighted by Gasteiger charge is 2.20. The van der Waals surface area contributed by atoms with Crippen LogP contribution in [-0.2, 0) is 0 Å². The van der Waals surface area contributed by atoms with Gasteiger partial charge in [0.25, 0.3) is 0 Å². The molecule has 5 heteroatoms. The molecule has 0 radical (unpaired) electrons. The van der Waals surface area contributed by atoms with E-state index in [1.54, 1.807) is 24.3 Å². The summed E-state index contributed by atoms with van der Waals surface area (Å²) in [6.45, 7) is 0. The van der Waals surface area contributed by atoms with E-state index in [1.165, 1.54) is 27.4 Å². The van der Waals surface area contributed by atoms with Gasteiger partial charge in [-0.1, -0.05) is 12.1 Å². The van der Waals surface area contributed by atoms with Crippen LogP contribution in [0.15, 0.2) is 36.4 Å². The molecule has 2 aromatic carbocycles. The maximum Gasteiger partial charge on any atom is 0.199 e. The van der Waals surface area contributed by atoms with E-state index in [-0.39, 0.29) is 22.6 Å². The summed E-state index contributed by atoms with van der Waals surface area (Å²) in [5.41, 5.74) is 0.184. The van der Waals surface area contributed by atoms with E-state index in [4.69, 9.17) is 14.2 Å². The van der Waals surface area contributed by atoms with E-state index in [0.29, 0.717) is 5.75 Å². The lowest BCUT2D eigenvalue weighted by atomic mass is 10.0. The molecule has 2 aromatic rings. The van der Waals surface area contributed by atoms with Crippen molar-refractivity contribution in [3.8, 4) is 17.2 Å². The summed E-state index contributed by atoms with van der Waals surface area (Å²) in [6, 6.07) is 9.10. The number of methoxy groups -OCH3 is 3. The molecule has 0 spiro atoms. The Balaban J connectivity index is 2.53. The fourth-order valence-electron chi connectivity index (χ4n) is 2.01. The molecule has 0 aromatic heterocycles. The number of hydrogen-bond acceptors (Lipinski definition) is 4. The Labute approximate surface area is 122 Å². The van der Waals surface area contributed by atoms with Crippen LogP contribution in [0.3, 0.4) is 0 Å². The summed E-state index contributed by atoms with van der Waals surface area (Å²) in [5, 5.41) is 0. The molecule has 0 aliphatic heterocycles. The van der Waals surface area contributed by atoms with Gasteiger partial charge >= 0.3 is 0 Å². The smallest absolute Gasteiger partial charge is 0.199 e. The highest BCUT2D eigenvalue weighted by Crippen LogP contribution is 2.32. The van der Waals surface area contributed by atoms with E-state index in [2.05, 4.69) is 0 Å². The van der Waals surface area contributed by atoms with Gasteiger partial charge in [0.1, 0.15) is 11.6 Å². The Bertz CT molecular complexity index is 667. The molecule has 0 bridgehead atoms. The molecule has 0 atom stereocenters. The van der Waals surface area contributed by atoms with Crippen molar-refractivity contribution in [1.82, 2.24) is 0 Å². The van der Waals surface area contributed by atoms with E-state index in [1.807, 2.05) is 0 Å². The monoisotopic (exact) mass is 290 g/mol. The first-order chi connectivity index (χ1) is 10.1. The van der Waals surface area contributed by atoms with Crippen LogP contribution in [-0.4, -0.2) is 27.1 Å². The Kier molecular flexibility index (Phi) is 4.42. The molecule has 0 N–H and O–H groups in total. The van der Waals surface area contributed by atoms with E-state index < -0.39 is 11.6 Å². The van der Waals surface area contributed by atoms with Crippen molar-refractivity contribution < 1.29 is 23.4 Å². The van der Waals surface area contributed by atoms with Gasteiger partial charge in [-0.05, 0) is 18.2 Å². The van der Waals surface area contributed by atoms with Crippen LogP contribution in [0, 0.1) is 5.82 Å². The number of carbonyl (C=O) groups excluding carboxylic acids is 1. The molecule has 0 saturated heterocycles. The highest BCUT2D eigenvalue weighted by molar-refractivity contribution is 6.11. The number of hydrogen-bond donors (Lipinski definition) is 0. The standard InChI is InChI=1S/C16H15FO4/c1-19-13-7-5-4-6-10(13)16(18)11-8-14(20-2)15(21-3)9-12(11)17/h4-9H,1-3H3. The van der Waals surface area contributed by atoms with Crippen molar-refractivity contribution in [2.75, 3.05) is 21.3 Å². The van der Waals surface area contributed by atoms with Gasteiger partial charge in [0.15, 0.2) is 17.3 Å². The summed E-state index contributed by atoms with van der Waals surface area (Å²) >= 11 is 0. The zero-order valence-electron chi connectivity index (χ0n) is 12.0. The van der Waals surface area contributed by atoms with Crippen molar-refractivity contribution >= 4 is 5.78 Å². The molecule has 0 saturated carbocycles. The van der Waals surface area contributed by atoms with Gasteiger partial charge in [0.2, 0.25) is 0 Å². The van der Waals surface area contributed by atoms with Gasteiger partial charge in [-0.15, -0.1) is 0 Å². The molecule has 0 amide bonds. The first-order valence-electron chi connectivity index (χ1n) is 6.21. The average molecular weight is 290 g/mol. The van der Waals surface area contributed by atoms with Crippen LogP contribution in [0.5, 0.6) is 17.2 Å². The number of rotatable bonds is 5. The Morgan fingerprint density at radius 3 is 2.05 bits per heavy atom. The summed E-state index contributed by atoms with van der Waals surface area (Å²) in [6.07, 6.45) is 0. The normalized spacial score (nSPS) is 10.1. The zero-order valence-corrected chi connectivity index (χ0v) is 12.0. The van der Waals surface area contributed by atoms with Crippen LogP contribution < -0.4 is 14.2 Å². The second-order valence-electron chi connectivity index (χ2n) is 4.22. The quantitative estimate of drug-likeness (QED) is 0.794. The lowest BCUT2D eigenvalue weighted by molar-refractivity contribution is 0.103. The third-order valence-corrected chi connectivity index (χ3v) is 3.07. The molecule has 0 heterocycles. The minimum absolute atomic E-state index is 0.0999. The first-order valence-corrected chi connectivity index (χ1v) is 6.21. The molecule has 110 valence electrons. The van der Waals surface area contributed by atoms with Crippen LogP contribution in [0.2, 0.25) is 0 Å². The molecule has 4 nitrogen and oxygen atoms in total. The second kappa shape index (κ2) is 6.26. The van der Waals surface area contributed by atoms with Crippen LogP contribution in [0.1, 0.15) is 15.9 Å². The van der Waals surface area contributed by atoms with Crippen molar-refractivity contribution in [1.29, 1.82) is 0 Å². The topological polar surface area (TPSA) is 44.8 Å². The largest absolute Gasteiger partial charge is 0.496 e. The number of ketones is 1. The molecule has 0 unspecified atom stereocenters. The fraction of sp³-hybridized carbons (Fsp3) is 0.188. The van der Waals surface area contributed by atoms with Crippen molar-refractivity contribution in [3.63, 3.8) is 0 Å². The summed E-state index contributed by atoms with van der Waals surface area (Å²) < 4.78 is 29.4. The molecule has 0 aliphatic carbocycles. The third kappa shape index (κ3) is 2.81. The molecule has 0 aliphatic rings. The summed E-state index contributed by atoms with van der Waals surface area (Å²) in [7, 11) is 4.28. The van der Waals surface area contributed by atoms with Gasteiger partial charge in [-0.25, -0.2) is 4.39 Å². The van der Waals surface area contributed by atoms with Crippen LogP contribution >= 0.6 is 0 Å². The maximum absolute atomic E-state index is 14.1. The second-order valence-corrected chi connectivity index (χ2v) is 4.22. The lowest BCUT2D eigenvalue weighted by Crippen LogP contribution is -2.07. The Hall–Kier alpha value is -2.56. The number of para-hydroxylation sites is 1. The Morgan fingerprint density at radius 1 is 0.857 bits per heavy atom. The van der Waals surface area contributed by atoms with Crippen LogP contribution in [0.4, 0.5) is 4.39 Å². The van der Waals surface area contributed by atoms with Gasteiger partial charge in [-0.3, -0.25) is 4.79 Å². The molecule has 21 heavy (non-hydrogen) atoms. The molecular weight excluding hydrogens is 275 g/mol. The zero-order chi connectivity index (χ0) is 15.4. The van der Waals surface area contributed by atoms with Crippen LogP contribution in [0.25, 0.3) is 0 Å². The van der Waals surface area contributed by atoms with Crippen molar-refractivity contribution in [2.24, 2.45) is 0 Å². The van der Waals surface area contributed by atoms with Crippen molar-refractivity contribution in [2.45, 2.75) is 0 Å². The average Bonchev–Trinajstić information content (AvgIpc) is 2.53. The molecule has 2 rings (SSSR count). The minimum Gasteiger partial charge on any atom is -0.496 e. The predicted octanol–water partition coefficient (Wildman–Crippen LogP) is 3.08. The fourth-order valence-corrected chi connectivity index (χ4v) is 2.01. The van der Waals surface area contributed by atoms with Gasteiger partial charge in [-0.2, -0.15) is 0 Å². The maximum atomic E-state index is 14.1. The summed E-state index contributed by atoms with van der Waals surface area (Å²) in [4.78, 5) is 12.5. The van der Waals surface area contributed by atoms with E-state index in [0.717, 1.165) is 6.07 Å². The van der Waals surface area contributed by atoms with E-state index >= 15 is 0 Å². The number of benzene rings is 2. The minimum atomic E-state index is -0.677. The first kappa shape index (κ1) is 14.8. The third-order valence-electron chi connectivity index (χ3n) is 3.07. The molecule has 0 fully saturated rings. The molecular formula is C16H15FO4. The lowest BCUT2D eigenvalue weighted by Gasteiger charge is -2.11. The predicted molar refractivity (Wildman–Crippen MR) is 75.9 cm³/mol. The number of halogens is 1.